The molecule has 3 saturated heterocycles. The Bertz CT molecular complexity index is 443. The first kappa shape index (κ1) is 12.9. The average molecular weight is 268 g/mol. The highest BCUT2D eigenvalue weighted by atomic mass is 16.7. The van der Waals surface area contributed by atoms with E-state index in [1.165, 1.54) is 0 Å². The monoisotopic (exact) mass is 268 g/mol. The lowest BCUT2D eigenvalue weighted by Gasteiger charge is -2.36. The molecule has 0 aromatic carbocycles. The van der Waals surface area contributed by atoms with Crippen molar-refractivity contribution in [2.45, 2.75) is 64.4 Å². The third-order valence-corrected chi connectivity index (χ3v) is 4.98. The fraction of sp³-hybridized carbons (Fsp3) is 0.857. The zero-order valence-electron chi connectivity index (χ0n) is 11.8. The van der Waals surface area contributed by atoms with Crippen LogP contribution in [0.15, 0.2) is 0 Å². The molecule has 3 heterocycles. The van der Waals surface area contributed by atoms with E-state index in [2.05, 4.69) is 0 Å². The fourth-order valence-electron chi connectivity index (χ4n) is 3.10. The number of carbonyl (C=O) groups is 2. The Balaban J connectivity index is 1.82. The van der Waals surface area contributed by atoms with Gasteiger partial charge in [-0.25, -0.2) is 0 Å². The zero-order valence-corrected chi connectivity index (χ0v) is 11.8. The van der Waals surface area contributed by atoms with E-state index in [-0.39, 0.29) is 30.1 Å². The molecule has 5 unspecified atom stereocenters. The van der Waals surface area contributed by atoms with E-state index in [1.807, 2.05) is 27.7 Å². The van der Waals surface area contributed by atoms with Gasteiger partial charge in [-0.2, -0.15) is 0 Å². The van der Waals surface area contributed by atoms with Crippen molar-refractivity contribution in [3.05, 3.63) is 0 Å². The summed E-state index contributed by atoms with van der Waals surface area (Å²) in [5.74, 6) is -0.638. The normalized spacial score (nSPS) is 43.5. The van der Waals surface area contributed by atoms with Crippen molar-refractivity contribution in [1.82, 2.24) is 0 Å². The molecule has 0 saturated carbocycles. The Morgan fingerprint density at radius 1 is 1.53 bits per heavy atom. The zero-order chi connectivity index (χ0) is 14.0. The Hall–Kier alpha value is -1.10. The molecule has 3 rings (SSSR count). The van der Waals surface area contributed by atoms with Gasteiger partial charge in [0.05, 0.1) is 11.3 Å². The van der Waals surface area contributed by atoms with Crippen LogP contribution in [0, 0.1) is 11.3 Å². The minimum absolute atomic E-state index is 0.166. The van der Waals surface area contributed by atoms with Crippen LogP contribution in [0.3, 0.4) is 0 Å². The molecule has 3 aliphatic rings. The lowest BCUT2D eigenvalue weighted by atomic mass is 9.79. The van der Waals surface area contributed by atoms with Crippen LogP contribution in [-0.2, 0) is 23.8 Å². The molecule has 3 fully saturated rings. The van der Waals surface area contributed by atoms with Gasteiger partial charge in [-0.3, -0.25) is 9.59 Å². The van der Waals surface area contributed by atoms with E-state index in [4.69, 9.17) is 14.2 Å². The summed E-state index contributed by atoms with van der Waals surface area (Å²) in [5.41, 5.74) is -1.37. The van der Waals surface area contributed by atoms with Gasteiger partial charge in [0.1, 0.15) is 12.2 Å². The summed E-state index contributed by atoms with van der Waals surface area (Å²) in [5, 5.41) is 0. The first-order chi connectivity index (χ1) is 8.79. The van der Waals surface area contributed by atoms with Gasteiger partial charge < -0.3 is 14.2 Å². The van der Waals surface area contributed by atoms with E-state index in [0.29, 0.717) is 12.8 Å². The van der Waals surface area contributed by atoms with Gasteiger partial charge in [-0.05, 0) is 33.6 Å². The largest absolute Gasteiger partial charge is 0.455 e. The minimum Gasteiger partial charge on any atom is -0.455 e. The van der Waals surface area contributed by atoms with Crippen molar-refractivity contribution in [1.29, 1.82) is 0 Å². The Morgan fingerprint density at radius 2 is 2.21 bits per heavy atom. The number of hydrogen-bond donors (Lipinski definition) is 0. The summed E-state index contributed by atoms with van der Waals surface area (Å²) in [6.07, 6.45) is 0.385. The number of fused-ring (bicyclic) bond motifs is 1. The van der Waals surface area contributed by atoms with Crippen molar-refractivity contribution in [3.8, 4) is 0 Å². The Morgan fingerprint density at radius 3 is 2.84 bits per heavy atom. The fourth-order valence-corrected chi connectivity index (χ4v) is 3.10. The molecule has 106 valence electrons. The van der Waals surface area contributed by atoms with Gasteiger partial charge in [0.15, 0.2) is 11.7 Å². The van der Waals surface area contributed by atoms with Gasteiger partial charge in [0.25, 0.3) is 0 Å². The van der Waals surface area contributed by atoms with Gasteiger partial charge in [0, 0.05) is 0 Å². The molecule has 0 aromatic rings. The third kappa shape index (κ3) is 1.57. The number of hydrogen-bond acceptors (Lipinski definition) is 5. The maximum atomic E-state index is 12.3. The smallest absolute Gasteiger partial charge is 0.312 e. The lowest BCUT2D eigenvalue weighted by molar-refractivity contribution is -0.185. The molecule has 0 N–H and O–H groups in total. The molecule has 0 radical (unpaired) electrons. The topological polar surface area (TPSA) is 61.8 Å². The summed E-state index contributed by atoms with van der Waals surface area (Å²) in [6.45, 7) is 7.49. The van der Waals surface area contributed by atoms with E-state index >= 15 is 0 Å². The van der Waals surface area contributed by atoms with Crippen molar-refractivity contribution in [2.75, 3.05) is 0 Å². The van der Waals surface area contributed by atoms with E-state index in [0.717, 1.165) is 0 Å². The number of ether oxygens (including phenoxy) is 3. The summed E-state index contributed by atoms with van der Waals surface area (Å²) in [4.78, 5) is 23.9. The van der Waals surface area contributed by atoms with Gasteiger partial charge in [0.2, 0.25) is 0 Å². The molecular weight excluding hydrogens is 248 g/mol. The van der Waals surface area contributed by atoms with Crippen molar-refractivity contribution < 1.29 is 23.8 Å². The molecule has 0 amide bonds. The minimum atomic E-state index is -0.836. The Labute approximate surface area is 112 Å². The van der Waals surface area contributed by atoms with Crippen LogP contribution in [0.1, 0.15) is 40.5 Å². The van der Waals surface area contributed by atoms with Crippen molar-refractivity contribution in [3.63, 3.8) is 0 Å². The number of esters is 2. The van der Waals surface area contributed by atoms with Crippen LogP contribution in [0.5, 0.6) is 0 Å². The van der Waals surface area contributed by atoms with Crippen LogP contribution in [-0.4, -0.2) is 35.9 Å². The summed E-state index contributed by atoms with van der Waals surface area (Å²) in [7, 11) is 0. The quantitative estimate of drug-likeness (QED) is 0.725. The highest BCUT2D eigenvalue weighted by Gasteiger charge is 2.71. The maximum absolute atomic E-state index is 12.3. The second-order valence-electron chi connectivity index (χ2n) is 6.60. The predicted octanol–water partition coefficient (Wildman–Crippen LogP) is 1.44. The molecule has 2 bridgehead atoms. The number of rotatable bonds is 3. The van der Waals surface area contributed by atoms with E-state index in [1.54, 1.807) is 0 Å². The van der Waals surface area contributed by atoms with Gasteiger partial charge in [-0.1, -0.05) is 6.92 Å². The highest BCUT2D eigenvalue weighted by Crippen LogP contribution is 2.53. The van der Waals surface area contributed by atoms with E-state index < -0.39 is 17.1 Å². The molecule has 5 nitrogen and oxygen atoms in total. The molecule has 19 heavy (non-hydrogen) atoms. The van der Waals surface area contributed by atoms with Gasteiger partial charge >= 0.3 is 11.9 Å². The molecular formula is C14H20O5. The molecule has 5 atom stereocenters. The molecule has 0 aliphatic carbocycles. The predicted molar refractivity (Wildman–Crippen MR) is 65.2 cm³/mol. The maximum Gasteiger partial charge on any atom is 0.312 e. The highest BCUT2D eigenvalue weighted by molar-refractivity contribution is 5.79. The molecule has 0 spiro atoms. The second-order valence-corrected chi connectivity index (χ2v) is 6.60. The summed E-state index contributed by atoms with van der Waals surface area (Å²) < 4.78 is 16.9. The first-order valence-electron chi connectivity index (χ1n) is 6.89. The van der Waals surface area contributed by atoms with Crippen LogP contribution < -0.4 is 0 Å². The standard InChI is InChI=1S/C14H20O5/c1-5-13(2,3)12(16)19-14(4)8-6-7-9(17-8)10(14)18-11(7)15/h7-10H,5-6H2,1-4H3. The molecule has 3 aliphatic heterocycles. The second kappa shape index (κ2) is 3.72. The molecule has 0 aromatic heterocycles. The lowest BCUT2D eigenvalue weighted by Crippen LogP contribution is -2.52. The average Bonchev–Trinajstić information content (AvgIpc) is 2.94. The van der Waals surface area contributed by atoms with E-state index in [9.17, 15) is 9.59 Å². The van der Waals surface area contributed by atoms with Crippen LogP contribution in [0.2, 0.25) is 0 Å². The van der Waals surface area contributed by atoms with Crippen molar-refractivity contribution in [2.24, 2.45) is 11.3 Å². The first-order valence-corrected chi connectivity index (χ1v) is 6.89. The third-order valence-electron chi connectivity index (χ3n) is 4.98. The summed E-state index contributed by atoms with van der Waals surface area (Å²) in [6, 6.07) is 0. The number of carbonyl (C=O) groups excluding carboxylic acids is 2. The SMILES string of the molecule is CCC(C)(C)C(=O)OC1(C)C2CC3C(=O)OC1C3O2. The van der Waals surface area contributed by atoms with Gasteiger partial charge in [-0.15, -0.1) is 0 Å². The van der Waals surface area contributed by atoms with Crippen LogP contribution in [0.25, 0.3) is 0 Å². The molecule has 5 heteroatoms. The summed E-state index contributed by atoms with van der Waals surface area (Å²) >= 11 is 0. The van der Waals surface area contributed by atoms with Crippen molar-refractivity contribution >= 4 is 11.9 Å². The van der Waals surface area contributed by atoms with Crippen LogP contribution >= 0.6 is 0 Å². The van der Waals surface area contributed by atoms with Crippen LogP contribution in [0.4, 0.5) is 0 Å². The Kier molecular flexibility index (Phi) is 2.53.